The molecule has 0 spiro atoms. The monoisotopic (exact) mass is 170 g/mol. The van der Waals surface area contributed by atoms with Gasteiger partial charge in [0.2, 0.25) is 0 Å². The summed E-state index contributed by atoms with van der Waals surface area (Å²) in [6, 6.07) is 0. The van der Waals surface area contributed by atoms with Crippen molar-refractivity contribution in [3.63, 3.8) is 0 Å². The van der Waals surface area contributed by atoms with E-state index in [1.807, 2.05) is 13.0 Å². The van der Waals surface area contributed by atoms with Gasteiger partial charge in [-0.25, -0.2) is 0 Å². The van der Waals surface area contributed by atoms with E-state index < -0.39 is 0 Å². The van der Waals surface area contributed by atoms with Crippen molar-refractivity contribution in [1.29, 1.82) is 0 Å². The summed E-state index contributed by atoms with van der Waals surface area (Å²) >= 11 is 0. The fourth-order valence-corrected chi connectivity index (χ4v) is 1.04. The third kappa shape index (κ3) is 3.34. The second kappa shape index (κ2) is 5.30. The van der Waals surface area contributed by atoms with E-state index in [1.165, 1.54) is 0 Å². The van der Waals surface area contributed by atoms with E-state index >= 15 is 0 Å². The van der Waals surface area contributed by atoms with Gasteiger partial charge in [-0.2, -0.15) is 0 Å². The standard InChI is InChI=1S/C9H16NO2/c1-8(7-11)4-5-10-9-3-2-6-12-9/h4,10-11H,2-3,5-7H2,1H3/b8-4+. The maximum absolute atomic E-state index is 8.69. The van der Waals surface area contributed by atoms with Gasteiger partial charge in [0.25, 0.3) is 0 Å². The zero-order chi connectivity index (χ0) is 8.81. The lowest BCUT2D eigenvalue weighted by molar-refractivity contribution is 0.176. The summed E-state index contributed by atoms with van der Waals surface area (Å²) in [4.78, 5) is 0. The van der Waals surface area contributed by atoms with Crippen molar-refractivity contribution in [3.8, 4) is 0 Å². The van der Waals surface area contributed by atoms with Crippen molar-refractivity contribution in [2.24, 2.45) is 0 Å². The molecule has 1 saturated heterocycles. The van der Waals surface area contributed by atoms with Gasteiger partial charge in [-0.1, -0.05) is 11.6 Å². The minimum atomic E-state index is 0.137. The van der Waals surface area contributed by atoms with Gasteiger partial charge in [-0.3, -0.25) is 5.32 Å². The molecule has 0 unspecified atom stereocenters. The van der Waals surface area contributed by atoms with Gasteiger partial charge in [0.1, 0.15) is 0 Å². The Morgan fingerprint density at radius 2 is 2.58 bits per heavy atom. The number of rotatable bonds is 4. The topological polar surface area (TPSA) is 41.5 Å². The fourth-order valence-electron chi connectivity index (χ4n) is 1.04. The Bertz CT molecular complexity index is 151. The first-order chi connectivity index (χ1) is 5.83. The maximum Gasteiger partial charge on any atom is 0.162 e. The van der Waals surface area contributed by atoms with Gasteiger partial charge in [-0.05, 0) is 19.8 Å². The van der Waals surface area contributed by atoms with Crippen molar-refractivity contribution in [3.05, 3.63) is 17.9 Å². The average Bonchev–Trinajstić information content (AvgIpc) is 2.57. The second-order valence-corrected chi connectivity index (χ2v) is 2.96. The summed E-state index contributed by atoms with van der Waals surface area (Å²) in [5.74, 6) is 0. The van der Waals surface area contributed by atoms with Gasteiger partial charge in [0.15, 0.2) is 6.23 Å². The molecule has 1 aliphatic rings. The molecule has 69 valence electrons. The predicted molar refractivity (Wildman–Crippen MR) is 47.3 cm³/mol. The third-order valence-corrected chi connectivity index (χ3v) is 1.82. The van der Waals surface area contributed by atoms with Crippen LogP contribution in [-0.2, 0) is 4.74 Å². The number of ether oxygens (including phenoxy) is 1. The first-order valence-electron chi connectivity index (χ1n) is 4.32. The SMILES string of the molecule is C/C(=C\CN[C]1CCCO1)CO. The van der Waals surface area contributed by atoms with Gasteiger partial charge in [-0.15, -0.1) is 0 Å². The first kappa shape index (κ1) is 9.71. The van der Waals surface area contributed by atoms with Crippen LogP contribution in [-0.4, -0.2) is 24.9 Å². The van der Waals surface area contributed by atoms with Crippen LogP contribution in [0.1, 0.15) is 19.8 Å². The van der Waals surface area contributed by atoms with Crippen molar-refractivity contribution in [2.75, 3.05) is 19.8 Å². The molecule has 1 radical (unpaired) electrons. The molecule has 0 aromatic rings. The molecule has 0 amide bonds. The van der Waals surface area contributed by atoms with Crippen LogP contribution in [0.2, 0.25) is 0 Å². The maximum atomic E-state index is 8.69. The van der Waals surface area contributed by atoms with E-state index in [0.29, 0.717) is 0 Å². The summed E-state index contributed by atoms with van der Waals surface area (Å²) in [7, 11) is 0. The van der Waals surface area contributed by atoms with Crippen LogP contribution in [0.15, 0.2) is 11.6 Å². The number of nitrogens with one attached hydrogen (secondary N) is 1. The highest BCUT2D eigenvalue weighted by atomic mass is 16.5. The smallest absolute Gasteiger partial charge is 0.162 e. The highest BCUT2D eigenvalue weighted by Crippen LogP contribution is 2.15. The summed E-state index contributed by atoms with van der Waals surface area (Å²) in [6.45, 7) is 3.63. The molecule has 1 heterocycles. The van der Waals surface area contributed by atoms with Crippen LogP contribution in [0.5, 0.6) is 0 Å². The zero-order valence-corrected chi connectivity index (χ0v) is 7.47. The average molecular weight is 170 g/mol. The molecule has 3 nitrogen and oxygen atoms in total. The number of aliphatic hydroxyl groups is 1. The molecule has 0 aromatic carbocycles. The molecule has 1 aliphatic heterocycles. The summed E-state index contributed by atoms with van der Waals surface area (Å²) in [6.07, 6.45) is 5.09. The molecule has 3 heteroatoms. The van der Waals surface area contributed by atoms with Gasteiger partial charge < -0.3 is 9.84 Å². The van der Waals surface area contributed by atoms with Crippen LogP contribution < -0.4 is 5.32 Å². The van der Waals surface area contributed by atoms with E-state index in [1.54, 1.807) is 0 Å². The Balaban J connectivity index is 2.08. The Morgan fingerprint density at radius 1 is 1.75 bits per heavy atom. The van der Waals surface area contributed by atoms with Crippen molar-refractivity contribution in [1.82, 2.24) is 5.32 Å². The van der Waals surface area contributed by atoms with E-state index in [-0.39, 0.29) is 6.61 Å². The zero-order valence-electron chi connectivity index (χ0n) is 7.47. The Morgan fingerprint density at radius 3 is 3.17 bits per heavy atom. The highest BCUT2D eigenvalue weighted by Gasteiger charge is 2.14. The largest absolute Gasteiger partial charge is 0.392 e. The molecule has 0 aromatic heterocycles. The number of aliphatic hydroxyl groups excluding tert-OH is 1. The predicted octanol–water partition coefficient (Wildman–Crippen LogP) is 0.814. The Labute approximate surface area is 73.4 Å². The molecule has 0 atom stereocenters. The fraction of sp³-hybridized carbons (Fsp3) is 0.667. The minimum Gasteiger partial charge on any atom is -0.392 e. The van der Waals surface area contributed by atoms with Crippen LogP contribution in [0.25, 0.3) is 0 Å². The molecule has 2 N–H and O–H groups in total. The molecule has 0 aliphatic carbocycles. The summed E-state index contributed by atoms with van der Waals surface area (Å²) in [5.41, 5.74) is 0.987. The highest BCUT2D eigenvalue weighted by molar-refractivity contribution is 5.00. The molecule has 0 saturated carbocycles. The van der Waals surface area contributed by atoms with Gasteiger partial charge in [0, 0.05) is 13.2 Å². The summed E-state index contributed by atoms with van der Waals surface area (Å²) in [5, 5.41) is 11.8. The normalized spacial score (nSPS) is 20.3. The minimum absolute atomic E-state index is 0.137. The van der Waals surface area contributed by atoms with Crippen LogP contribution in [0.3, 0.4) is 0 Å². The quantitative estimate of drug-likeness (QED) is 0.614. The lowest BCUT2D eigenvalue weighted by atomic mass is 10.3. The Hall–Kier alpha value is -0.380. The Kier molecular flexibility index (Phi) is 4.29. The molecule has 1 fully saturated rings. The number of hydrogen-bond acceptors (Lipinski definition) is 3. The van der Waals surface area contributed by atoms with Gasteiger partial charge in [0.05, 0.1) is 6.61 Å². The lowest BCUT2D eigenvalue weighted by Crippen LogP contribution is -2.20. The van der Waals surface area contributed by atoms with Gasteiger partial charge >= 0.3 is 0 Å². The third-order valence-electron chi connectivity index (χ3n) is 1.82. The molecular weight excluding hydrogens is 154 g/mol. The lowest BCUT2D eigenvalue weighted by Gasteiger charge is -2.07. The summed E-state index contributed by atoms with van der Waals surface area (Å²) < 4.78 is 5.28. The molecule has 1 rings (SSSR count). The van der Waals surface area contributed by atoms with Crippen LogP contribution in [0, 0.1) is 6.23 Å². The van der Waals surface area contributed by atoms with Crippen molar-refractivity contribution >= 4 is 0 Å². The second-order valence-electron chi connectivity index (χ2n) is 2.96. The van der Waals surface area contributed by atoms with E-state index in [2.05, 4.69) is 5.32 Å². The van der Waals surface area contributed by atoms with E-state index in [9.17, 15) is 0 Å². The molecular formula is C9H16NO2. The van der Waals surface area contributed by atoms with Crippen LogP contribution in [0.4, 0.5) is 0 Å². The van der Waals surface area contributed by atoms with Crippen LogP contribution >= 0.6 is 0 Å². The van der Waals surface area contributed by atoms with E-state index in [4.69, 9.17) is 9.84 Å². The first-order valence-corrected chi connectivity index (χ1v) is 4.32. The van der Waals surface area contributed by atoms with Crippen molar-refractivity contribution < 1.29 is 9.84 Å². The van der Waals surface area contributed by atoms with Crippen molar-refractivity contribution in [2.45, 2.75) is 19.8 Å². The molecule has 0 bridgehead atoms. The number of hydrogen-bond donors (Lipinski definition) is 2. The van der Waals surface area contributed by atoms with E-state index in [0.717, 1.165) is 37.8 Å². The molecule has 12 heavy (non-hydrogen) atoms.